The Morgan fingerprint density at radius 1 is 0.322 bits per heavy atom. The Kier molecular flexibility index (Phi) is 46.2. The Morgan fingerprint density at radius 2 is 0.559 bits per heavy atom. The second kappa shape index (κ2) is 47.5. The summed E-state index contributed by atoms with van der Waals surface area (Å²) in [6.07, 6.45) is 49.5. The lowest BCUT2D eigenvalue weighted by Crippen LogP contribution is -2.30. The molecule has 0 aliphatic heterocycles. The van der Waals surface area contributed by atoms with E-state index in [-0.39, 0.29) is 31.1 Å². The molecule has 0 aromatic heterocycles. The molecule has 0 heterocycles. The molecule has 6 heteroatoms. The quantitative estimate of drug-likeness (QED) is 0.0345. The van der Waals surface area contributed by atoms with E-state index in [1.54, 1.807) is 0 Å². The first-order valence-corrected chi connectivity index (χ1v) is 26.4. The van der Waals surface area contributed by atoms with Crippen LogP contribution in [0.5, 0.6) is 0 Å². The molecular weight excluding hydrogens is 733 g/mol. The number of hydrogen-bond donors (Lipinski definition) is 0. The lowest BCUT2D eigenvalue weighted by Gasteiger charge is -2.18. The van der Waals surface area contributed by atoms with Gasteiger partial charge in [-0.2, -0.15) is 0 Å². The molecule has 0 saturated carbocycles. The average Bonchev–Trinajstić information content (AvgIpc) is 3.22. The summed E-state index contributed by atoms with van der Waals surface area (Å²) >= 11 is 0. The highest BCUT2D eigenvalue weighted by atomic mass is 16.6. The lowest BCUT2D eigenvalue weighted by molar-refractivity contribution is -0.167. The summed E-state index contributed by atoms with van der Waals surface area (Å²) in [7, 11) is 0. The van der Waals surface area contributed by atoms with Crippen LogP contribution in [0.25, 0.3) is 0 Å². The number of carbonyl (C=O) groups is 3. The maximum Gasteiger partial charge on any atom is 0.306 e. The van der Waals surface area contributed by atoms with E-state index in [1.165, 1.54) is 193 Å². The Balaban J connectivity index is 4.27. The van der Waals surface area contributed by atoms with Crippen molar-refractivity contribution in [1.82, 2.24) is 0 Å². The Bertz CT molecular complexity index is 887. The molecule has 6 nitrogen and oxygen atoms in total. The van der Waals surface area contributed by atoms with Gasteiger partial charge in [0, 0.05) is 19.3 Å². The summed E-state index contributed by atoms with van der Waals surface area (Å²) in [5.74, 6) is -0.0643. The molecule has 0 N–H and O–H groups in total. The lowest BCUT2D eigenvalue weighted by atomic mass is 10.0. The Labute approximate surface area is 368 Å². The number of ether oxygens (including phenoxy) is 3. The van der Waals surface area contributed by atoms with Gasteiger partial charge >= 0.3 is 17.9 Å². The molecule has 0 bridgehead atoms. The van der Waals surface area contributed by atoms with Gasteiger partial charge in [-0.25, -0.2) is 0 Å². The van der Waals surface area contributed by atoms with Crippen molar-refractivity contribution in [1.29, 1.82) is 0 Å². The van der Waals surface area contributed by atoms with Crippen LogP contribution >= 0.6 is 0 Å². The average molecular weight is 835 g/mol. The monoisotopic (exact) mass is 835 g/mol. The fraction of sp³-hybridized carbons (Fsp3) is 0.943. The van der Waals surface area contributed by atoms with E-state index in [2.05, 4.69) is 27.7 Å². The van der Waals surface area contributed by atoms with Crippen LogP contribution < -0.4 is 0 Å². The number of esters is 3. The molecule has 0 fully saturated rings. The van der Waals surface area contributed by atoms with E-state index in [9.17, 15) is 14.4 Å². The van der Waals surface area contributed by atoms with Crippen LogP contribution in [0, 0.1) is 5.92 Å². The third kappa shape index (κ3) is 47.3. The summed E-state index contributed by atoms with van der Waals surface area (Å²) in [5.41, 5.74) is 0. The van der Waals surface area contributed by atoms with Crippen LogP contribution in [-0.4, -0.2) is 37.2 Å². The molecule has 0 saturated heterocycles. The van der Waals surface area contributed by atoms with Crippen LogP contribution in [0.15, 0.2) is 0 Å². The third-order valence-electron chi connectivity index (χ3n) is 12.0. The SMILES string of the molecule is CCCCCCCCCCCCCCCCCCCC(=O)O[C@H](COC(=O)CCCCCCCCCCCCCCCC)COC(=O)CCCCCCCCCC(C)C. The van der Waals surface area contributed by atoms with E-state index in [0.29, 0.717) is 19.3 Å². The minimum atomic E-state index is -0.761. The zero-order valence-corrected chi connectivity index (χ0v) is 40.2. The van der Waals surface area contributed by atoms with Crippen LogP contribution in [0.4, 0.5) is 0 Å². The second-order valence-corrected chi connectivity index (χ2v) is 18.6. The van der Waals surface area contributed by atoms with Gasteiger partial charge in [-0.15, -0.1) is 0 Å². The predicted octanol–water partition coefficient (Wildman–Crippen LogP) is 17.1. The largest absolute Gasteiger partial charge is 0.462 e. The Morgan fingerprint density at radius 3 is 0.831 bits per heavy atom. The molecule has 0 aromatic carbocycles. The maximum atomic E-state index is 12.8. The van der Waals surface area contributed by atoms with Crippen molar-refractivity contribution >= 4 is 17.9 Å². The van der Waals surface area contributed by atoms with Gasteiger partial charge in [0.1, 0.15) is 13.2 Å². The predicted molar refractivity (Wildman–Crippen MR) is 252 cm³/mol. The smallest absolute Gasteiger partial charge is 0.306 e. The van der Waals surface area contributed by atoms with Crippen molar-refractivity contribution in [3.63, 3.8) is 0 Å². The second-order valence-electron chi connectivity index (χ2n) is 18.6. The topological polar surface area (TPSA) is 78.9 Å². The molecular formula is C53H102O6. The molecule has 0 radical (unpaired) electrons. The van der Waals surface area contributed by atoms with Crippen molar-refractivity contribution in [2.24, 2.45) is 5.92 Å². The van der Waals surface area contributed by atoms with Gasteiger partial charge in [-0.3, -0.25) is 14.4 Å². The van der Waals surface area contributed by atoms with Crippen molar-refractivity contribution in [3.05, 3.63) is 0 Å². The first-order chi connectivity index (χ1) is 28.9. The maximum absolute atomic E-state index is 12.8. The normalized spacial score (nSPS) is 11.9. The van der Waals surface area contributed by atoms with Gasteiger partial charge in [-0.1, -0.05) is 259 Å². The zero-order chi connectivity index (χ0) is 43.1. The summed E-state index contributed by atoms with van der Waals surface area (Å²) < 4.78 is 16.8. The van der Waals surface area contributed by atoms with E-state index >= 15 is 0 Å². The number of unbranched alkanes of at least 4 members (excludes halogenated alkanes) is 35. The molecule has 0 spiro atoms. The first-order valence-electron chi connectivity index (χ1n) is 26.4. The molecule has 0 aliphatic rings. The number of hydrogen-bond acceptors (Lipinski definition) is 6. The summed E-state index contributed by atoms with van der Waals surface area (Å²) in [5, 5.41) is 0. The molecule has 59 heavy (non-hydrogen) atoms. The third-order valence-corrected chi connectivity index (χ3v) is 12.0. The van der Waals surface area contributed by atoms with Gasteiger partial charge < -0.3 is 14.2 Å². The van der Waals surface area contributed by atoms with Gasteiger partial charge in [0.15, 0.2) is 6.10 Å². The molecule has 0 aromatic rings. The molecule has 350 valence electrons. The van der Waals surface area contributed by atoms with E-state index in [4.69, 9.17) is 14.2 Å². The molecule has 0 aliphatic carbocycles. The van der Waals surface area contributed by atoms with Crippen LogP contribution in [0.3, 0.4) is 0 Å². The van der Waals surface area contributed by atoms with Gasteiger partial charge in [-0.05, 0) is 25.2 Å². The Hall–Kier alpha value is -1.59. The van der Waals surface area contributed by atoms with Crippen LogP contribution in [-0.2, 0) is 28.6 Å². The molecule has 0 rings (SSSR count). The van der Waals surface area contributed by atoms with Crippen LogP contribution in [0.1, 0.15) is 297 Å². The van der Waals surface area contributed by atoms with Crippen LogP contribution in [0.2, 0.25) is 0 Å². The van der Waals surface area contributed by atoms with Crippen molar-refractivity contribution in [2.45, 2.75) is 303 Å². The highest BCUT2D eigenvalue weighted by molar-refractivity contribution is 5.71. The van der Waals surface area contributed by atoms with E-state index < -0.39 is 6.10 Å². The highest BCUT2D eigenvalue weighted by Crippen LogP contribution is 2.17. The summed E-state index contributed by atoms with van der Waals surface area (Å²) in [6.45, 7) is 8.98. The standard InChI is InChI=1S/C53H102O6/c1-5-7-9-11-13-15-17-19-21-22-23-25-27-29-33-38-42-46-53(56)59-50(48-58-52(55)45-41-37-34-30-31-35-39-43-49(3)4)47-57-51(54)44-40-36-32-28-26-24-20-18-16-14-12-10-8-6-2/h49-50H,5-48H2,1-4H3/t50-/m1/s1. The highest BCUT2D eigenvalue weighted by Gasteiger charge is 2.19. The van der Waals surface area contributed by atoms with Crippen molar-refractivity contribution in [2.75, 3.05) is 13.2 Å². The van der Waals surface area contributed by atoms with E-state index in [1.807, 2.05) is 0 Å². The van der Waals surface area contributed by atoms with Gasteiger partial charge in [0.2, 0.25) is 0 Å². The molecule has 0 unspecified atom stereocenters. The summed E-state index contributed by atoms with van der Waals surface area (Å²) in [6, 6.07) is 0. The molecule has 1 atom stereocenters. The zero-order valence-electron chi connectivity index (χ0n) is 40.2. The minimum absolute atomic E-state index is 0.0632. The number of rotatable bonds is 48. The minimum Gasteiger partial charge on any atom is -0.462 e. The molecule has 0 amide bonds. The summed E-state index contributed by atoms with van der Waals surface area (Å²) in [4.78, 5) is 37.9. The van der Waals surface area contributed by atoms with Crippen molar-refractivity contribution < 1.29 is 28.6 Å². The van der Waals surface area contributed by atoms with Gasteiger partial charge in [0.05, 0.1) is 0 Å². The van der Waals surface area contributed by atoms with Gasteiger partial charge in [0.25, 0.3) is 0 Å². The fourth-order valence-electron chi connectivity index (χ4n) is 8.04. The fourth-order valence-corrected chi connectivity index (χ4v) is 8.04. The van der Waals surface area contributed by atoms with E-state index in [0.717, 1.165) is 63.7 Å². The first kappa shape index (κ1) is 57.4. The number of carbonyl (C=O) groups excluding carboxylic acids is 3. The van der Waals surface area contributed by atoms with Crippen molar-refractivity contribution in [3.8, 4) is 0 Å².